The Balaban J connectivity index is 0.986. The van der Waals surface area contributed by atoms with Crippen molar-refractivity contribution in [3.8, 4) is 118 Å². The average molecular weight is 1210 g/mol. The Morgan fingerprint density at radius 3 is 0.860 bits per heavy atom. The summed E-state index contributed by atoms with van der Waals surface area (Å²) in [6.45, 7) is 0. The Morgan fingerprint density at radius 2 is 0.559 bits per heavy atom. The second-order valence-electron chi connectivity index (χ2n) is 22.6. The number of pyridine rings is 4. The van der Waals surface area contributed by atoms with Gasteiger partial charge in [-0.05, 0) is 107 Å². The van der Waals surface area contributed by atoms with Gasteiger partial charge >= 0.3 is 0 Å². The van der Waals surface area contributed by atoms with Crippen LogP contribution in [-0.2, 0) is 0 Å². The number of halogens is 5. The summed E-state index contributed by atoms with van der Waals surface area (Å²) in [5, 5.41) is 14.5. The van der Waals surface area contributed by atoms with E-state index < -0.39 is 34.6 Å². The van der Waals surface area contributed by atoms with E-state index in [-0.39, 0.29) is 22.5 Å². The second-order valence-corrected chi connectivity index (χ2v) is 22.6. The smallest absolute Gasteiger partial charge is 0.200 e. The molecule has 0 aliphatic heterocycles. The van der Waals surface area contributed by atoms with Crippen LogP contribution < -0.4 is 0 Å². The van der Waals surface area contributed by atoms with Gasteiger partial charge < -0.3 is 9.13 Å². The summed E-state index contributed by atoms with van der Waals surface area (Å²) in [6, 6.07) is 83.5. The van der Waals surface area contributed by atoms with Crippen molar-refractivity contribution in [3.05, 3.63) is 314 Å². The maximum Gasteiger partial charge on any atom is 0.200 e. The van der Waals surface area contributed by atoms with Gasteiger partial charge in [-0.15, -0.1) is 0 Å². The van der Waals surface area contributed by atoms with Gasteiger partial charge in [0.1, 0.15) is 6.07 Å². The molecule has 0 amide bonds. The zero-order chi connectivity index (χ0) is 62.8. The molecular weight excluding hydrogens is 1170 g/mol. The van der Waals surface area contributed by atoms with Crippen molar-refractivity contribution in [3.63, 3.8) is 0 Å². The number of nitrogens with zero attached hydrogens (tertiary/aromatic N) is 7. The average Bonchev–Trinajstić information content (AvgIpc) is 1.61. The van der Waals surface area contributed by atoms with Crippen LogP contribution in [0.3, 0.4) is 0 Å². The van der Waals surface area contributed by atoms with E-state index in [4.69, 9.17) is 19.9 Å². The lowest BCUT2D eigenvalue weighted by atomic mass is 9.96. The fourth-order valence-corrected chi connectivity index (χ4v) is 13.2. The molecule has 0 bridgehead atoms. The Morgan fingerprint density at radius 1 is 0.269 bits per heavy atom. The van der Waals surface area contributed by atoms with Crippen LogP contribution in [0.25, 0.3) is 156 Å². The molecule has 7 nitrogen and oxygen atoms in total. The lowest BCUT2D eigenvalue weighted by molar-refractivity contribution is 0.381. The summed E-state index contributed by atoms with van der Waals surface area (Å²) in [5.41, 5.74) is 13.8. The first-order chi connectivity index (χ1) is 45.7. The molecule has 10 aromatic carbocycles. The highest BCUT2D eigenvalue weighted by atomic mass is 19.2. The van der Waals surface area contributed by atoms with Crippen LogP contribution in [0.1, 0.15) is 5.56 Å². The minimum absolute atomic E-state index is 0.0239. The van der Waals surface area contributed by atoms with Crippen molar-refractivity contribution >= 4 is 43.6 Å². The molecule has 0 spiro atoms. The SMILES string of the molecule is N#Cc1cc(-n2c3ccc(-c4cccnc4-c4ccccc4)cc3c3cc(-c4cccnc4-c4ccccc4)ccc32)c(-c2c(F)c(F)c(F)c(F)c2F)cc1-n1c2ccc(-c3cccnc3-c3ccccc3)cc2c2cc(-c3cccnc3-c3ccccc3)ccc21. The van der Waals surface area contributed by atoms with Gasteiger partial charge in [-0.3, -0.25) is 19.9 Å². The first kappa shape index (κ1) is 55.8. The Labute approximate surface area is 529 Å². The van der Waals surface area contributed by atoms with Crippen molar-refractivity contribution in [2.24, 2.45) is 0 Å². The molecule has 0 N–H and O–H groups in total. The summed E-state index contributed by atoms with van der Waals surface area (Å²) < 4.78 is 85.7. The topological polar surface area (TPSA) is 85.2 Å². The van der Waals surface area contributed by atoms with Gasteiger partial charge in [-0.25, -0.2) is 22.0 Å². The van der Waals surface area contributed by atoms with E-state index in [9.17, 15) is 5.26 Å². The van der Waals surface area contributed by atoms with Gasteiger partial charge in [0.2, 0.25) is 5.82 Å². The molecule has 0 unspecified atom stereocenters. The summed E-state index contributed by atoms with van der Waals surface area (Å²) in [4.78, 5) is 19.4. The predicted molar refractivity (Wildman–Crippen MR) is 360 cm³/mol. The minimum atomic E-state index is -2.31. The maximum atomic E-state index is 17.2. The molecule has 0 saturated carbocycles. The molecule has 6 heterocycles. The van der Waals surface area contributed by atoms with E-state index in [0.29, 0.717) is 32.8 Å². The standard InChI is InChI=1S/C81H46F5N7/c82-73-72(74(83)76(85)77(86)75(73)84)65-46-70(92-66-33-29-52(57-25-13-37-88-78(57)48-17-5-1-6-18-48)41-61(66)62-42-53(30-34-67(62)92)58-26-14-38-89-79(58)49-19-7-2-8-20-49)56(47-87)45-71(65)93-68-35-31-54(59-27-15-39-90-80(59)50-21-9-3-10-22-50)43-63(68)64-44-55(32-36-69(64)93)60-28-16-40-91-81(60)51-23-11-4-12-24-51/h1-46H. The summed E-state index contributed by atoms with van der Waals surface area (Å²) in [7, 11) is 0. The summed E-state index contributed by atoms with van der Waals surface area (Å²) >= 11 is 0. The molecule has 0 atom stereocenters. The number of hydrogen-bond acceptors (Lipinski definition) is 5. The van der Waals surface area contributed by atoms with E-state index in [1.54, 1.807) is 29.4 Å². The molecule has 0 radical (unpaired) electrons. The number of aromatic nitrogens is 6. The fraction of sp³-hybridized carbons (Fsp3) is 0. The minimum Gasteiger partial charge on any atom is -0.309 e. The number of rotatable bonds is 11. The van der Waals surface area contributed by atoms with E-state index in [2.05, 4.69) is 18.2 Å². The van der Waals surface area contributed by atoms with Gasteiger partial charge in [-0.1, -0.05) is 170 Å². The Hall–Kier alpha value is -12.5. The van der Waals surface area contributed by atoms with Crippen LogP contribution in [0, 0.1) is 40.4 Å². The molecule has 0 saturated heterocycles. The van der Waals surface area contributed by atoms with Gasteiger partial charge in [0.25, 0.3) is 0 Å². The third-order valence-corrected chi connectivity index (χ3v) is 17.4. The molecule has 0 aliphatic carbocycles. The third kappa shape index (κ3) is 9.40. The van der Waals surface area contributed by atoms with Gasteiger partial charge in [0.05, 0.1) is 67.3 Å². The van der Waals surface area contributed by atoms with Crippen molar-refractivity contribution in [2.75, 3.05) is 0 Å². The quantitative estimate of drug-likeness (QED) is 0.0732. The molecule has 6 aromatic heterocycles. The number of nitriles is 1. The highest BCUT2D eigenvalue weighted by Crippen LogP contribution is 2.47. The molecule has 16 rings (SSSR count). The van der Waals surface area contributed by atoms with Crippen LogP contribution in [-0.4, -0.2) is 29.1 Å². The van der Waals surface area contributed by atoms with Gasteiger partial charge in [0.15, 0.2) is 23.3 Å². The normalized spacial score (nSPS) is 11.5. The molecule has 0 aliphatic rings. The van der Waals surface area contributed by atoms with Gasteiger partial charge in [0, 0.05) is 96.4 Å². The zero-order valence-electron chi connectivity index (χ0n) is 49.1. The van der Waals surface area contributed by atoms with Crippen molar-refractivity contribution in [1.82, 2.24) is 29.1 Å². The van der Waals surface area contributed by atoms with Crippen LogP contribution in [0.5, 0.6) is 0 Å². The van der Waals surface area contributed by atoms with Crippen molar-refractivity contribution in [1.29, 1.82) is 5.26 Å². The van der Waals surface area contributed by atoms with Crippen molar-refractivity contribution < 1.29 is 22.0 Å². The number of fused-ring (bicyclic) bond motifs is 6. The largest absolute Gasteiger partial charge is 0.309 e. The van der Waals surface area contributed by atoms with E-state index in [1.807, 2.05) is 235 Å². The number of hydrogen-bond donors (Lipinski definition) is 0. The molecular formula is C81H46F5N7. The summed E-state index contributed by atoms with van der Waals surface area (Å²) in [6.07, 6.45) is 6.97. The van der Waals surface area contributed by atoms with Gasteiger partial charge in [-0.2, -0.15) is 5.26 Å². The Kier molecular flexibility index (Phi) is 13.7. The molecule has 440 valence electrons. The molecule has 93 heavy (non-hydrogen) atoms. The van der Waals surface area contributed by atoms with Crippen LogP contribution in [0.2, 0.25) is 0 Å². The van der Waals surface area contributed by atoms with Crippen LogP contribution >= 0.6 is 0 Å². The predicted octanol–water partition coefficient (Wildman–Crippen LogP) is 21.0. The van der Waals surface area contributed by atoms with E-state index in [1.165, 1.54) is 12.1 Å². The lowest BCUT2D eigenvalue weighted by Gasteiger charge is -2.20. The second kappa shape index (κ2) is 22.8. The van der Waals surface area contributed by atoms with E-state index >= 15 is 22.0 Å². The first-order valence-electron chi connectivity index (χ1n) is 30.0. The van der Waals surface area contributed by atoms with Crippen molar-refractivity contribution in [2.45, 2.75) is 0 Å². The van der Waals surface area contributed by atoms with Crippen LogP contribution in [0.4, 0.5) is 22.0 Å². The molecule has 0 fully saturated rings. The highest BCUT2D eigenvalue weighted by molar-refractivity contribution is 6.14. The maximum absolute atomic E-state index is 17.2. The summed E-state index contributed by atoms with van der Waals surface area (Å²) in [5.74, 6) is -10.6. The number of benzene rings is 10. The monoisotopic (exact) mass is 1210 g/mol. The highest BCUT2D eigenvalue weighted by Gasteiger charge is 2.32. The van der Waals surface area contributed by atoms with Crippen LogP contribution in [0.15, 0.2) is 280 Å². The molecule has 12 heteroatoms. The fourth-order valence-electron chi connectivity index (χ4n) is 13.2. The molecule has 16 aromatic rings. The zero-order valence-corrected chi connectivity index (χ0v) is 49.1. The lowest BCUT2D eigenvalue weighted by Crippen LogP contribution is -2.08. The Bertz CT molecular complexity index is 5400. The van der Waals surface area contributed by atoms with E-state index in [0.717, 1.165) is 100 Å². The third-order valence-electron chi connectivity index (χ3n) is 17.4. The first-order valence-corrected chi connectivity index (χ1v) is 30.0.